The van der Waals surface area contributed by atoms with Gasteiger partial charge in [-0.1, -0.05) is 12.1 Å². The average molecular weight is 234 g/mol. The first-order valence-electron chi connectivity index (χ1n) is 5.06. The van der Waals surface area contributed by atoms with Crippen molar-refractivity contribution >= 4 is 11.5 Å². The number of methoxy groups -OCH3 is 1. The van der Waals surface area contributed by atoms with Crippen LogP contribution in [0.4, 0.5) is 11.5 Å². The Labute approximate surface area is 98.4 Å². The summed E-state index contributed by atoms with van der Waals surface area (Å²) in [7, 11) is 1.56. The van der Waals surface area contributed by atoms with E-state index in [1.807, 2.05) is 18.2 Å². The standard InChI is InChI=1S/C11H14N4O2/c1-17-9-5-3-2-4-8(9)15-11(13)10(12)7(6-16)14-15/h2-5,16H,6,12-13H2,1H3. The lowest BCUT2D eigenvalue weighted by Crippen LogP contribution is -2.04. The third-order valence-electron chi connectivity index (χ3n) is 2.50. The molecule has 1 aromatic heterocycles. The first kappa shape index (κ1) is 11.3. The van der Waals surface area contributed by atoms with Crippen molar-refractivity contribution in [3.8, 4) is 11.4 Å². The summed E-state index contributed by atoms with van der Waals surface area (Å²) in [5, 5.41) is 13.2. The number of hydrogen-bond acceptors (Lipinski definition) is 5. The Kier molecular flexibility index (Phi) is 2.88. The molecule has 1 aromatic carbocycles. The Morgan fingerprint density at radius 3 is 2.65 bits per heavy atom. The van der Waals surface area contributed by atoms with E-state index in [-0.39, 0.29) is 6.61 Å². The highest BCUT2D eigenvalue weighted by atomic mass is 16.5. The normalized spacial score (nSPS) is 10.5. The largest absolute Gasteiger partial charge is 0.494 e. The number of rotatable bonds is 3. The van der Waals surface area contributed by atoms with E-state index < -0.39 is 0 Å². The van der Waals surface area contributed by atoms with Crippen LogP contribution in [0.3, 0.4) is 0 Å². The zero-order valence-corrected chi connectivity index (χ0v) is 9.42. The molecule has 0 fully saturated rings. The van der Waals surface area contributed by atoms with E-state index in [1.165, 1.54) is 4.68 Å². The minimum atomic E-state index is -0.252. The van der Waals surface area contributed by atoms with Crippen LogP contribution in [-0.2, 0) is 6.61 Å². The molecule has 0 aliphatic rings. The summed E-state index contributed by atoms with van der Waals surface area (Å²) in [6, 6.07) is 7.29. The van der Waals surface area contributed by atoms with Crippen molar-refractivity contribution in [2.75, 3.05) is 18.6 Å². The molecule has 2 aromatic rings. The van der Waals surface area contributed by atoms with Crippen molar-refractivity contribution in [1.29, 1.82) is 0 Å². The van der Waals surface area contributed by atoms with Crippen molar-refractivity contribution in [2.24, 2.45) is 0 Å². The van der Waals surface area contributed by atoms with E-state index in [2.05, 4.69) is 5.10 Å². The number of hydrogen-bond donors (Lipinski definition) is 3. The third-order valence-corrected chi connectivity index (χ3v) is 2.50. The van der Waals surface area contributed by atoms with Gasteiger partial charge in [0, 0.05) is 0 Å². The topological polar surface area (TPSA) is 99.3 Å². The van der Waals surface area contributed by atoms with Crippen LogP contribution in [0.5, 0.6) is 5.75 Å². The Morgan fingerprint density at radius 2 is 2.06 bits per heavy atom. The van der Waals surface area contributed by atoms with E-state index in [4.69, 9.17) is 21.3 Å². The van der Waals surface area contributed by atoms with Gasteiger partial charge in [0.15, 0.2) is 5.82 Å². The molecule has 0 radical (unpaired) electrons. The molecular formula is C11H14N4O2. The summed E-state index contributed by atoms with van der Waals surface area (Å²) >= 11 is 0. The van der Waals surface area contributed by atoms with E-state index >= 15 is 0 Å². The summed E-state index contributed by atoms with van der Waals surface area (Å²) in [5.41, 5.74) is 12.9. The number of nitrogens with two attached hydrogens (primary N) is 2. The monoisotopic (exact) mass is 234 g/mol. The van der Waals surface area contributed by atoms with Crippen LogP contribution in [0.25, 0.3) is 5.69 Å². The van der Waals surface area contributed by atoms with Gasteiger partial charge < -0.3 is 21.3 Å². The van der Waals surface area contributed by atoms with E-state index in [1.54, 1.807) is 13.2 Å². The molecule has 6 nitrogen and oxygen atoms in total. The molecular weight excluding hydrogens is 220 g/mol. The number of para-hydroxylation sites is 2. The Balaban J connectivity index is 2.60. The first-order chi connectivity index (χ1) is 8.19. The van der Waals surface area contributed by atoms with Crippen molar-refractivity contribution < 1.29 is 9.84 Å². The number of nitrogens with zero attached hydrogens (tertiary/aromatic N) is 2. The minimum absolute atomic E-state index is 0.252. The fraction of sp³-hybridized carbons (Fsp3) is 0.182. The Bertz CT molecular complexity index is 536. The first-order valence-corrected chi connectivity index (χ1v) is 5.06. The third kappa shape index (κ3) is 1.78. The van der Waals surface area contributed by atoms with Crippen LogP contribution in [0.1, 0.15) is 5.69 Å². The SMILES string of the molecule is COc1ccccc1-n1nc(CO)c(N)c1N. The molecule has 90 valence electrons. The molecule has 0 aliphatic heterocycles. The van der Waals surface area contributed by atoms with Gasteiger partial charge in [-0.2, -0.15) is 5.10 Å². The number of benzene rings is 1. The predicted octanol–water partition coefficient (Wildman–Crippen LogP) is 0.538. The fourth-order valence-corrected chi connectivity index (χ4v) is 1.60. The van der Waals surface area contributed by atoms with E-state index in [9.17, 15) is 0 Å². The van der Waals surface area contributed by atoms with E-state index in [0.29, 0.717) is 28.6 Å². The second kappa shape index (κ2) is 4.34. The maximum absolute atomic E-state index is 9.09. The number of ether oxygens (including phenoxy) is 1. The lowest BCUT2D eigenvalue weighted by Gasteiger charge is -2.09. The van der Waals surface area contributed by atoms with Gasteiger partial charge in [0.25, 0.3) is 0 Å². The smallest absolute Gasteiger partial charge is 0.151 e. The molecule has 6 heteroatoms. The molecule has 1 heterocycles. The van der Waals surface area contributed by atoms with Crippen molar-refractivity contribution in [1.82, 2.24) is 9.78 Å². The molecule has 0 saturated carbocycles. The highest BCUT2D eigenvalue weighted by Crippen LogP contribution is 2.28. The van der Waals surface area contributed by atoms with Gasteiger partial charge >= 0.3 is 0 Å². The van der Waals surface area contributed by atoms with Crippen molar-refractivity contribution in [3.05, 3.63) is 30.0 Å². The van der Waals surface area contributed by atoms with Crippen molar-refractivity contribution in [2.45, 2.75) is 6.61 Å². The van der Waals surface area contributed by atoms with Gasteiger partial charge in [-0.05, 0) is 12.1 Å². The number of anilines is 2. The van der Waals surface area contributed by atoms with Crippen molar-refractivity contribution in [3.63, 3.8) is 0 Å². The Morgan fingerprint density at radius 1 is 1.35 bits per heavy atom. The number of aliphatic hydroxyl groups is 1. The maximum Gasteiger partial charge on any atom is 0.151 e. The van der Waals surface area contributed by atoms with Gasteiger partial charge in [-0.15, -0.1) is 0 Å². The quantitative estimate of drug-likeness (QED) is 0.719. The summed E-state index contributed by atoms with van der Waals surface area (Å²) in [5.74, 6) is 0.921. The lowest BCUT2D eigenvalue weighted by molar-refractivity contribution is 0.276. The second-order valence-electron chi connectivity index (χ2n) is 3.49. The van der Waals surface area contributed by atoms with Crippen LogP contribution in [0.15, 0.2) is 24.3 Å². The fourth-order valence-electron chi connectivity index (χ4n) is 1.60. The molecule has 5 N–H and O–H groups in total. The van der Waals surface area contributed by atoms with E-state index in [0.717, 1.165) is 0 Å². The predicted molar refractivity (Wildman–Crippen MR) is 64.9 cm³/mol. The summed E-state index contributed by atoms with van der Waals surface area (Å²) in [4.78, 5) is 0. The number of nitrogen functional groups attached to an aromatic ring is 2. The molecule has 0 unspecified atom stereocenters. The molecule has 0 aliphatic carbocycles. The van der Waals surface area contributed by atoms with Gasteiger partial charge in [0.05, 0.1) is 13.7 Å². The van der Waals surface area contributed by atoms with Crippen LogP contribution >= 0.6 is 0 Å². The minimum Gasteiger partial charge on any atom is -0.494 e. The lowest BCUT2D eigenvalue weighted by atomic mass is 10.3. The second-order valence-corrected chi connectivity index (χ2v) is 3.49. The highest BCUT2D eigenvalue weighted by Gasteiger charge is 2.15. The van der Waals surface area contributed by atoms with Gasteiger partial charge in [-0.25, -0.2) is 4.68 Å². The number of aromatic nitrogens is 2. The zero-order chi connectivity index (χ0) is 12.4. The Hall–Kier alpha value is -2.21. The molecule has 17 heavy (non-hydrogen) atoms. The maximum atomic E-state index is 9.09. The molecule has 0 amide bonds. The average Bonchev–Trinajstić information content (AvgIpc) is 2.66. The van der Waals surface area contributed by atoms with Crippen LogP contribution in [0.2, 0.25) is 0 Å². The number of aliphatic hydroxyl groups excluding tert-OH is 1. The van der Waals surface area contributed by atoms with Crippen LogP contribution in [-0.4, -0.2) is 22.0 Å². The van der Waals surface area contributed by atoms with Gasteiger partial charge in [0.1, 0.15) is 22.8 Å². The molecule has 0 spiro atoms. The summed E-state index contributed by atoms with van der Waals surface area (Å²) in [6.45, 7) is -0.252. The summed E-state index contributed by atoms with van der Waals surface area (Å²) < 4.78 is 6.68. The van der Waals surface area contributed by atoms with Gasteiger partial charge in [0.2, 0.25) is 0 Å². The molecule has 2 rings (SSSR count). The highest BCUT2D eigenvalue weighted by molar-refractivity contribution is 5.66. The summed E-state index contributed by atoms with van der Waals surface area (Å²) in [6.07, 6.45) is 0. The molecule has 0 atom stereocenters. The van der Waals surface area contributed by atoms with Gasteiger partial charge in [-0.3, -0.25) is 0 Å². The molecule has 0 saturated heterocycles. The van der Waals surface area contributed by atoms with Crippen LogP contribution in [0, 0.1) is 0 Å². The zero-order valence-electron chi connectivity index (χ0n) is 9.42. The van der Waals surface area contributed by atoms with Crippen LogP contribution < -0.4 is 16.2 Å². The molecule has 0 bridgehead atoms.